The van der Waals surface area contributed by atoms with Gasteiger partial charge < -0.3 is 10.4 Å². The van der Waals surface area contributed by atoms with E-state index in [0.29, 0.717) is 6.42 Å². The zero-order valence-electron chi connectivity index (χ0n) is 9.43. The molecule has 4 nitrogen and oxygen atoms in total. The summed E-state index contributed by atoms with van der Waals surface area (Å²) >= 11 is 0. The predicted molar refractivity (Wildman–Crippen MR) is 62.4 cm³/mol. The van der Waals surface area contributed by atoms with Crippen LogP contribution in [0.1, 0.15) is 18.4 Å². The SMILES string of the molecule is O=C(NC(Cc1ccccc1)C(=O)O)C1CC1. The van der Waals surface area contributed by atoms with Gasteiger partial charge in [-0.3, -0.25) is 4.79 Å². The first kappa shape index (κ1) is 11.6. The number of hydrogen-bond donors (Lipinski definition) is 2. The van der Waals surface area contributed by atoms with Crippen molar-refractivity contribution in [3.63, 3.8) is 0 Å². The number of rotatable bonds is 5. The summed E-state index contributed by atoms with van der Waals surface area (Å²) in [4.78, 5) is 22.6. The highest BCUT2D eigenvalue weighted by Crippen LogP contribution is 2.28. The maximum Gasteiger partial charge on any atom is 0.326 e. The second-order valence-corrected chi connectivity index (χ2v) is 4.36. The molecule has 1 fully saturated rings. The minimum absolute atomic E-state index is 0.0348. The number of carbonyl (C=O) groups excluding carboxylic acids is 1. The number of carboxylic acid groups (broad SMARTS) is 1. The fourth-order valence-corrected chi connectivity index (χ4v) is 1.68. The third-order valence-corrected chi connectivity index (χ3v) is 2.85. The quantitative estimate of drug-likeness (QED) is 0.803. The summed E-state index contributed by atoms with van der Waals surface area (Å²) in [6, 6.07) is 8.49. The zero-order valence-corrected chi connectivity index (χ0v) is 9.43. The number of benzene rings is 1. The van der Waals surface area contributed by atoms with Gasteiger partial charge in [-0.05, 0) is 18.4 Å². The molecule has 0 saturated heterocycles. The van der Waals surface area contributed by atoms with Crippen molar-refractivity contribution in [1.29, 1.82) is 0 Å². The molecule has 17 heavy (non-hydrogen) atoms. The maximum absolute atomic E-state index is 11.5. The van der Waals surface area contributed by atoms with Crippen molar-refractivity contribution in [2.24, 2.45) is 5.92 Å². The molecule has 0 heterocycles. The van der Waals surface area contributed by atoms with E-state index in [1.54, 1.807) is 0 Å². The number of carboxylic acids is 1. The van der Waals surface area contributed by atoms with Gasteiger partial charge in [0.05, 0.1) is 0 Å². The lowest BCUT2D eigenvalue weighted by Gasteiger charge is -2.14. The molecule has 0 radical (unpaired) electrons. The van der Waals surface area contributed by atoms with Crippen LogP contribution >= 0.6 is 0 Å². The van der Waals surface area contributed by atoms with Crippen LogP contribution < -0.4 is 5.32 Å². The van der Waals surface area contributed by atoms with E-state index < -0.39 is 12.0 Å². The third kappa shape index (κ3) is 3.31. The number of nitrogens with one attached hydrogen (secondary N) is 1. The number of hydrogen-bond acceptors (Lipinski definition) is 2. The molecule has 1 saturated carbocycles. The summed E-state index contributed by atoms with van der Waals surface area (Å²) in [5.74, 6) is -1.08. The molecule has 1 atom stereocenters. The zero-order chi connectivity index (χ0) is 12.3. The molecule has 1 unspecified atom stereocenters. The molecule has 1 aromatic carbocycles. The van der Waals surface area contributed by atoms with Crippen molar-refractivity contribution in [2.75, 3.05) is 0 Å². The Labute approximate surface area is 99.6 Å². The topological polar surface area (TPSA) is 66.4 Å². The highest BCUT2D eigenvalue weighted by atomic mass is 16.4. The lowest BCUT2D eigenvalue weighted by atomic mass is 10.1. The molecule has 0 aromatic heterocycles. The molecule has 1 aliphatic carbocycles. The molecular formula is C13H15NO3. The standard InChI is InChI=1S/C13H15NO3/c15-12(10-6-7-10)14-11(13(16)17)8-9-4-2-1-3-5-9/h1-5,10-11H,6-8H2,(H,14,15)(H,16,17). The van der Waals surface area contributed by atoms with E-state index in [-0.39, 0.29) is 11.8 Å². The Morgan fingerprint density at radius 2 is 1.94 bits per heavy atom. The van der Waals surface area contributed by atoms with Crippen molar-refractivity contribution in [3.8, 4) is 0 Å². The number of carbonyl (C=O) groups is 2. The molecule has 4 heteroatoms. The van der Waals surface area contributed by atoms with Crippen LogP contribution in [0.2, 0.25) is 0 Å². The Morgan fingerprint density at radius 3 is 2.47 bits per heavy atom. The molecule has 1 aliphatic rings. The molecule has 2 N–H and O–H groups in total. The highest BCUT2D eigenvalue weighted by Gasteiger charge is 2.32. The smallest absolute Gasteiger partial charge is 0.326 e. The van der Waals surface area contributed by atoms with Gasteiger partial charge in [-0.1, -0.05) is 30.3 Å². The molecule has 1 aromatic rings. The van der Waals surface area contributed by atoms with Gasteiger partial charge in [-0.25, -0.2) is 4.79 Å². The fraction of sp³-hybridized carbons (Fsp3) is 0.385. The Hall–Kier alpha value is -1.84. The van der Waals surface area contributed by atoms with Crippen LogP contribution in [-0.4, -0.2) is 23.0 Å². The Bertz CT molecular complexity index is 412. The second-order valence-electron chi connectivity index (χ2n) is 4.36. The van der Waals surface area contributed by atoms with E-state index in [1.807, 2.05) is 30.3 Å². The lowest BCUT2D eigenvalue weighted by Crippen LogP contribution is -2.43. The molecule has 0 aliphatic heterocycles. The fourth-order valence-electron chi connectivity index (χ4n) is 1.68. The van der Waals surface area contributed by atoms with E-state index in [4.69, 9.17) is 5.11 Å². The summed E-state index contributed by atoms with van der Waals surface area (Å²) in [5.41, 5.74) is 0.913. The monoisotopic (exact) mass is 233 g/mol. The molecule has 0 spiro atoms. The van der Waals surface area contributed by atoms with E-state index in [0.717, 1.165) is 18.4 Å². The van der Waals surface area contributed by atoms with Crippen LogP contribution in [0, 0.1) is 5.92 Å². The van der Waals surface area contributed by atoms with Gasteiger partial charge in [-0.2, -0.15) is 0 Å². The van der Waals surface area contributed by atoms with Gasteiger partial charge in [-0.15, -0.1) is 0 Å². The Balaban J connectivity index is 1.97. The normalized spacial score (nSPS) is 16.2. The minimum Gasteiger partial charge on any atom is -0.480 e. The molecule has 0 bridgehead atoms. The van der Waals surface area contributed by atoms with E-state index in [9.17, 15) is 9.59 Å². The van der Waals surface area contributed by atoms with Gasteiger partial charge in [0.25, 0.3) is 0 Å². The van der Waals surface area contributed by atoms with E-state index >= 15 is 0 Å². The predicted octanol–water partition coefficient (Wildman–Crippen LogP) is 1.21. The van der Waals surface area contributed by atoms with Crippen molar-refractivity contribution < 1.29 is 14.7 Å². The van der Waals surface area contributed by atoms with E-state index in [2.05, 4.69) is 5.32 Å². The van der Waals surface area contributed by atoms with Gasteiger partial charge in [0.15, 0.2) is 0 Å². The summed E-state index contributed by atoms with van der Waals surface area (Å²) in [6.07, 6.45) is 2.08. The van der Waals surface area contributed by atoms with Crippen LogP contribution in [0.15, 0.2) is 30.3 Å². The van der Waals surface area contributed by atoms with E-state index in [1.165, 1.54) is 0 Å². The van der Waals surface area contributed by atoms with Gasteiger partial charge in [0, 0.05) is 12.3 Å². The highest BCUT2D eigenvalue weighted by molar-refractivity contribution is 5.86. The second kappa shape index (κ2) is 4.99. The van der Waals surface area contributed by atoms with Crippen molar-refractivity contribution in [2.45, 2.75) is 25.3 Å². The van der Waals surface area contributed by atoms with Gasteiger partial charge in [0.1, 0.15) is 6.04 Å². The lowest BCUT2D eigenvalue weighted by molar-refractivity contribution is -0.142. The average Bonchev–Trinajstić information content (AvgIpc) is 3.13. The first-order chi connectivity index (χ1) is 8.16. The summed E-state index contributed by atoms with van der Waals surface area (Å²) in [5, 5.41) is 11.7. The van der Waals surface area contributed by atoms with Gasteiger partial charge in [0.2, 0.25) is 5.91 Å². The molecule has 90 valence electrons. The van der Waals surface area contributed by atoms with Crippen LogP contribution in [0.3, 0.4) is 0 Å². The molecular weight excluding hydrogens is 218 g/mol. The summed E-state index contributed by atoms with van der Waals surface area (Å²) in [7, 11) is 0. The molecule has 1 amide bonds. The van der Waals surface area contributed by atoms with Crippen LogP contribution in [0.4, 0.5) is 0 Å². The van der Waals surface area contributed by atoms with Gasteiger partial charge >= 0.3 is 5.97 Å². The van der Waals surface area contributed by atoms with Crippen LogP contribution in [0.5, 0.6) is 0 Å². The van der Waals surface area contributed by atoms with Crippen molar-refractivity contribution >= 4 is 11.9 Å². The minimum atomic E-state index is -0.983. The first-order valence-corrected chi connectivity index (χ1v) is 5.74. The Morgan fingerprint density at radius 1 is 1.29 bits per heavy atom. The third-order valence-electron chi connectivity index (χ3n) is 2.85. The number of amides is 1. The van der Waals surface area contributed by atoms with Crippen LogP contribution in [-0.2, 0) is 16.0 Å². The average molecular weight is 233 g/mol. The Kier molecular flexibility index (Phi) is 3.42. The largest absolute Gasteiger partial charge is 0.480 e. The number of aliphatic carboxylic acids is 1. The first-order valence-electron chi connectivity index (χ1n) is 5.74. The van der Waals surface area contributed by atoms with Crippen molar-refractivity contribution in [3.05, 3.63) is 35.9 Å². The summed E-state index contributed by atoms with van der Waals surface area (Å²) < 4.78 is 0. The summed E-state index contributed by atoms with van der Waals surface area (Å²) in [6.45, 7) is 0. The maximum atomic E-state index is 11.5. The van der Waals surface area contributed by atoms with Crippen LogP contribution in [0.25, 0.3) is 0 Å². The van der Waals surface area contributed by atoms with Crippen molar-refractivity contribution in [1.82, 2.24) is 5.32 Å². The molecule has 2 rings (SSSR count).